The van der Waals surface area contributed by atoms with Crippen molar-refractivity contribution in [2.24, 2.45) is 23.3 Å². The van der Waals surface area contributed by atoms with Crippen molar-refractivity contribution in [2.45, 2.75) is 198 Å². The molecule has 8 atom stereocenters. The zero-order chi connectivity index (χ0) is 67.3. The lowest BCUT2D eigenvalue weighted by atomic mass is 9.86. The van der Waals surface area contributed by atoms with Crippen molar-refractivity contribution < 1.29 is 48.3 Å². The van der Waals surface area contributed by atoms with Crippen LogP contribution in [-0.2, 0) is 68.8 Å². The lowest BCUT2D eigenvalue weighted by Gasteiger charge is -2.41. The van der Waals surface area contributed by atoms with Crippen LogP contribution < -0.4 is 59.3 Å². The van der Waals surface area contributed by atoms with Crippen LogP contribution in [0.2, 0.25) is 0 Å². The Morgan fingerprint density at radius 2 is 0.739 bits per heavy atom. The first-order chi connectivity index (χ1) is 43.8. The average Bonchev–Trinajstić information content (AvgIpc) is 0.840. The summed E-state index contributed by atoms with van der Waals surface area (Å²) in [5.41, 5.74) is 14.0. The van der Waals surface area contributed by atoms with E-state index in [4.69, 9.17) is 11.5 Å². The molecule has 1 aliphatic heterocycles. The maximum atomic E-state index is 14.8. The third-order valence-corrected chi connectivity index (χ3v) is 16.2. The van der Waals surface area contributed by atoms with E-state index >= 15 is 0 Å². The maximum Gasteiger partial charge on any atom is 0.329 e. The third kappa shape index (κ3) is 25.6. The molecule has 5 rings (SSSR count). The molecule has 0 spiro atoms. The summed E-state index contributed by atoms with van der Waals surface area (Å²) in [6.45, 7) is 16.1. The molecular formula is C70H102N12O10. The molecule has 0 aromatic heterocycles. The van der Waals surface area contributed by atoms with E-state index in [-0.39, 0.29) is 101 Å². The van der Waals surface area contributed by atoms with Gasteiger partial charge in [0, 0.05) is 38.0 Å². The second-order valence-electron chi connectivity index (χ2n) is 25.8. The minimum atomic E-state index is -1.88. The first kappa shape index (κ1) is 74.7. The van der Waals surface area contributed by atoms with Crippen molar-refractivity contribution in [3.63, 3.8) is 0 Å². The van der Waals surface area contributed by atoms with Crippen molar-refractivity contribution in [1.29, 1.82) is 0 Å². The van der Waals surface area contributed by atoms with Gasteiger partial charge in [-0.05, 0) is 111 Å². The van der Waals surface area contributed by atoms with Crippen molar-refractivity contribution in [2.75, 3.05) is 26.2 Å². The fourth-order valence-corrected chi connectivity index (χ4v) is 11.1. The van der Waals surface area contributed by atoms with Gasteiger partial charge in [0.2, 0.25) is 47.3 Å². The Morgan fingerprint density at radius 3 is 1.09 bits per heavy atom. The minimum Gasteiger partial charge on any atom is -0.480 e. The summed E-state index contributed by atoms with van der Waals surface area (Å²) in [6, 6.07) is 28.0. The Balaban J connectivity index is 1.33. The number of piperidine rings is 1. The van der Waals surface area contributed by atoms with Gasteiger partial charge in [-0.15, -0.1) is 0 Å². The molecule has 14 N–H and O–H groups in total. The number of carbonyl (C=O) groups excluding carboxylic acids is 8. The van der Waals surface area contributed by atoms with E-state index in [1.54, 1.807) is 0 Å². The molecule has 92 heavy (non-hydrogen) atoms. The van der Waals surface area contributed by atoms with Crippen molar-refractivity contribution in [1.82, 2.24) is 52.8 Å². The molecule has 1 aliphatic rings. The summed E-state index contributed by atoms with van der Waals surface area (Å²) in [5.74, 6) is -6.53. The van der Waals surface area contributed by atoms with Gasteiger partial charge in [-0.25, -0.2) is 4.79 Å². The number of nitrogens with one attached hydrogen (secondary N) is 9. The third-order valence-electron chi connectivity index (χ3n) is 16.2. The van der Waals surface area contributed by atoms with Crippen LogP contribution in [0.1, 0.15) is 129 Å². The van der Waals surface area contributed by atoms with Crippen molar-refractivity contribution in [3.8, 4) is 0 Å². The van der Waals surface area contributed by atoms with Gasteiger partial charge in [-0.2, -0.15) is 0 Å². The number of hydrogen-bond acceptors (Lipinski definition) is 13. The molecule has 1 saturated heterocycles. The Hall–Kier alpha value is -8.05. The summed E-state index contributed by atoms with van der Waals surface area (Å²) in [6.07, 6.45) is 1.63. The number of nitrogens with two attached hydrogens (primary N) is 2. The van der Waals surface area contributed by atoms with E-state index in [1.165, 1.54) is 4.90 Å². The number of aliphatic carboxylic acids is 1. The van der Waals surface area contributed by atoms with Gasteiger partial charge in [-0.3, -0.25) is 38.4 Å². The quantitative estimate of drug-likeness (QED) is 0.0285. The monoisotopic (exact) mass is 1270 g/mol. The second kappa shape index (κ2) is 38.1. The summed E-state index contributed by atoms with van der Waals surface area (Å²) >= 11 is 0. The number of rotatable bonds is 38. The number of carbonyl (C=O) groups is 9. The van der Waals surface area contributed by atoms with E-state index in [0.29, 0.717) is 25.9 Å². The molecule has 0 aliphatic carbocycles. The molecule has 0 unspecified atom stereocenters. The summed E-state index contributed by atoms with van der Waals surface area (Å²) in [5, 5.41) is 37.6. The summed E-state index contributed by atoms with van der Waals surface area (Å²) in [7, 11) is 0. The second-order valence-corrected chi connectivity index (χ2v) is 25.8. The zero-order valence-electron chi connectivity index (χ0n) is 55.0. The van der Waals surface area contributed by atoms with Crippen molar-refractivity contribution >= 4 is 53.2 Å². The number of nitrogens with zero attached hydrogens (tertiary/aromatic N) is 1. The Labute approximate surface area is 543 Å². The molecule has 8 amide bonds. The van der Waals surface area contributed by atoms with Gasteiger partial charge in [0.15, 0.2) is 0 Å². The smallest absolute Gasteiger partial charge is 0.329 e. The van der Waals surface area contributed by atoms with E-state index < -0.39 is 107 Å². The highest BCUT2D eigenvalue weighted by atomic mass is 16.4. The summed E-state index contributed by atoms with van der Waals surface area (Å²) in [4.78, 5) is 130. The topological polar surface area (TPSA) is 337 Å². The van der Waals surface area contributed by atoms with Crippen LogP contribution in [0, 0.1) is 11.8 Å². The predicted octanol–water partition coefficient (Wildman–Crippen LogP) is 3.73. The van der Waals surface area contributed by atoms with E-state index in [1.807, 2.05) is 177 Å². The Morgan fingerprint density at radius 1 is 0.424 bits per heavy atom. The number of carboxylic acid groups (broad SMARTS) is 1. The van der Waals surface area contributed by atoms with Gasteiger partial charge < -0.3 is 69.3 Å². The number of likely N-dealkylation sites (tertiary alicyclic amines) is 1. The Kier molecular flexibility index (Phi) is 30.9. The van der Waals surface area contributed by atoms with E-state index in [9.17, 15) is 48.3 Å². The van der Waals surface area contributed by atoms with Gasteiger partial charge in [0.1, 0.15) is 41.8 Å². The standard InChI is InChI=1S/C70H102N12O10/c1-45(2)39-57(79-65(87)59(43-51-27-17-11-18-28-51)77-61(83)53(71)41-49-23-13-9-14-24-49)63(85)75-55(31-21-35-73-47(5)6)67(89)81-70(69(91)92)33-37-82(38-34-70)68(90)56(32-22-36-74-48(7)8)76-64(86)58(40-46(3)4)80-66(88)60(44-52-29-19-12-20-30-52)78-62(84)54(72)42-50-25-15-10-16-26-50/h9-20,23-30,45-48,53-60,73-74H,21-22,31-44,71-72H2,1-8H3,(H,75,85)(H,76,86)(H,77,83)(H,78,84)(H,79,87)(H,80,88)(H,81,89)(H,91,92)/t53-,54-,55-,56-,57-,58-,59-,60-/m1/s1. The number of carboxylic acids is 1. The molecule has 0 radical (unpaired) electrons. The Bertz CT molecular complexity index is 2970. The van der Waals surface area contributed by atoms with Gasteiger partial charge in [-0.1, -0.05) is 177 Å². The van der Waals surface area contributed by atoms with Crippen LogP contribution >= 0.6 is 0 Å². The van der Waals surface area contributed by atoms with E-state index in [0.717, 1.165) is 22.3 Å². The van der Waals surface area contributed by atoms with Gasteiger partial charge in [0.05, 0.1) is 12.1 Å². The number of amides is 8. The van der Waals surface area contributed by atoms with Crippen LogP contribution in [0.15, 0.2) is 121 Å². The van der Waals surface area contributed by atoms with Crippen molar-refractivity contribution in [3.05, 3.63) is 144 Å². The highest BCUT2D eigenvalue weighted by Crippen LogP contribution is 2.25. The minimum absolute atomic E-state index is 0.0800. The van der Waals surface area contributed by atoms with Crippen LogP contribution in [0.3, 0.4) is 0 Å². The van der Waals surface area contributed by atoms with Gasteiger partial charge >= 0.3 is 5.97 Å². The predicted molar refractivity (Wildman–Crippen MR) is 356 cm³/mol. The molecule has 4 aromatic carbocycles. The highest BCUT2D eigenvalue weighted by Gasteiger charge is 2.46. The SMILES string of the molecule is CC(C)C[C@@H](NC(=O)[C@@H](Cc1ccccc1)NC(=O)[C@H](N)Cc1ccccc1)C(=O)N[C@H](CCCNC(C)C)C(=O)NC1(C(=O)O)CCN(C(=O)[C@@H](CCCNC(C)C)NC(=O)[C@@H](CC(C)C)NC(=O)[C@@H](Cc2ccccc2)NC(=O)[C@H](N)Cc2ccccc2)CC1. The van der Waals surface area contributed by atoms with E-state index in [2.05, 4.69) is 47.9 Å². The first-order valence-corrected chi connectivity index (χ1v) is 32.6. The zero-order valence-corrected chi connectivity index (χ0v) is 55.0. The lowest BCUT2D eigenvalue weighted by molar-refractivity contribution is -0.152. The normalized spacial score (nSPS) is 15.6. The van der Waals surface area contributed by atoms with Crippen LogP contribution in [0.5, 0.6) is 0 Å². The van der Waals surface area contributed by atoms with Crippen LogP contribution in [0.4, 0.5) is 0 Å². The molecule has 4 aromatic rings. The summed E-state index contributed by atoms with van der Waals surface area (Å²) < 4.78 is 0. The number of hydrogen-bond donors (Lipinski definition) is 12. The van der Waals surface area contributed by atoms with Crippen LogP contribution in [0.25, 0.3) is 0 Å². The highest BCUT2D eigenvalue weighted by molar-refractivity contribution is 5.97. The molecular weight excluding hydrogens is 1170 g/mol. The fourth-order valence-electron chi connectivity index (χ4n) is 11.1. The number of benzene rings is 4. The molecule has 22 heteroatoms. The molecule has 1 fully saturated rings. The van der Waals surface area contributed by atoms with Gasteiger partial charge in [0.25, 0.3) is 0 Å². The fraction of sp³-hybridized carbons (Fsp3) is 0.529. The average molecular weight is 1270 g/mol. The molecule has 22 nitrogen and oxygen atoms in total. The lowest BCUT2D eigenvalue weighted by Crippen LogP contribution is -2.65. The van der Waals surface area contributed by atoms with Crippen LogP contribution in [-0.4, -0.2) is 155 Å². The maximum absolute atomic E-state index is 14.8. The molecule has 0 saturated carbocycles. The molecule has 1 heterocycles. The largest absolute Gasteiger partial charge is 0.480 e. The molecule has 502 valence electrons. The first-order valence-electron chi connectivity index (χ1n) is 32.6. The molecule has 0 bridgehead atoms.